The normalized spacial score (nSPS) is 13.4. The van der Waals surface area contributed by atoms with Crippen LogP contribution in [0.5, 0.6) is 0 Å². The standard InChI is InChI=1S/C16H21NO5/c1-10(2)8-13(16(21)22)17-14(18)12(15(19)20)9-11-6-4-3-5-7-11/h3-7,10,12-13H,8-9H2,1-2H3,(H,17,18)(H,19,20)(H,21,22)/p-2/t12-,13-/m0/s1. The van der Waals surface area contributed by atoms with Gasteiger partial charge in [-0.3, -0.25) is 4.79 Å². The first kappa shape index (κ1) is 17.7. The van der Waals surface area contributed by atoms with Crippen LogP contribution in [0, 0.1) is 11.8 Å². The summed E-state index contributed by atoms with van der Waals surface area (Å²) < 4.78 is 0. The minimum Gasteiger partial charge on any atom is -0.549 e. The first-order valence-corrected chi connectivity index (χ1v) is 7.07. The Kier molecular flexibility index (Phi) is 6.56. The van der Waals surface area contributed by atoms with Crippen LogP contribution < -0.4 is 15.5 Å². The summed E-state index contributed by atoms with van der Waals surface area (Å²) in [6, 6.07) is 7.38. The number of carboxylic acids is 2. The summed E-state index contributed by atoms with van der Waals surface area (Å²) in [4.78, 5) is 34.3. The molecule has 0 aromatic heterocycles. The van der Waals surface area contributed by atoms with Crippen molar-refractivity contribution in [2.45, 2.75) is 32.7 Å². The minimum atomic E-state index is -1.54. The highest BCUT2D eigenvalue weighted by Gasteiger charge is 2.24. The molecule has 2 atom stereocenters. The van der Waals surface area contributed by atoms with Crippen molar-refractivity contribution in [1.82, 2.24) is 5.32 Å². The summed E-state index contributed by atoms with van der Waals surface area (Å²) in [6.45, 7) is 3.59. The van der Waals surface area contributed by atoms with Crippen molar-refractivity contribution in [2.75, 3.05) is 0 Å². The highest BCUT2D eigenvalue weighted by molar-refractivity contribution is 5.97. The van der Waals surface area contributed by atoms with E-state index >= 15 is 0 Å². The van der Waals surface area contributed by atoms with Crippen LogP contribution in [0.1, 0.15) is 25.8 Å². The third-order valence-corrected chi connectivity index (χ3v) is 3.19. The summed E-state index contributed by atoms with van der Waals surface area (Å²) in [6.07, 6.45) is 0.107. The second kappa shape index (κ2) is 8.17. The molecule has 1 N–H and O–H groups in total. The summed E-state index contributed by atoms with van der Waals surface area (Å²) in [7, 11) is 0. The number of benzene rings is 1. The fourth-order valence-corrected chi connectivity index (χ4v) is 2.09. The molecule has 0 bridgehead atoms. The fourth-order valence-electron chi connectivity index (χ4n) is 2.09. The summed E-state index contributed by atoms with van der Waals surface area (Å²) >= 11 is 0. The maximum Gasteiger partial charge on any atom is 0.229 e. The molecular weight excluding hydrogens is 286 g/mol. The molecule has 1 amide bonds. The Hall–Kier alpha value is -2.37. The van der Waals surface area contributed by atoms with Gasteiger partial charge in [0.1, 0.15) is 0 Å². The number of amides is 1. The quantitative estimate of drug-likeness (QED) is 0.612. The van der Waals surface area contributed by atoms with E-state index in [2.05, 4.69) is 5.32 Å². The van der Waals surface area contributed by atoms with E-state index in [0.717, 1.165) is 0 Å². The van der Waals surface area contributed by atoms with E-state index in [1.54, 1.807) is 44.2 Å². The van der Waals surface area contributed by atoms with Crippen molar-refractivity contribution < 1.29 is 24.6 Å². The maximum absolute atomic E-state index is 12.1. The van der Waals surface area contributed by atoms with E-state index in [9.17, 15) is 24.6 Å². The number of nitrogens with one attached hydrogen (secondary N) is 1. The van der Waals surface area contributed by atoms with Gasteiger partial charge in [0, 0.05) is 0 Å². The number of hydrogen-bond acceptors (Lipinski definition) is 5. The van der Waals surface area contributed by atoms with E-state index in [1.165, 1.54) is 0 Å². The zero-order chi connectivity index (χ0) is 16.7. The highest BCUT2D eigenvalue weighted by atomic mass is 16.4. The van der Waals surface area contributed by atoms with E-state index < -0.39 is 29.8 Å². The van der Waals surface area contributed by atoms with Crippen molar-refractivity contribution in [3.05, 3.63) is 35.9 Å². The number of aliphatic carboxylic acids is 2. The smallest absolute Gasteiger partial charge is 0.229 e. The largest absolute Gasteiger partial charge is 0.549 e. The second-order valence-corrected chi connectivity index (χ2v) is 5.57. The van der Waals surface area contributed by atoms with Crippen LogP contribution in [0.25, 0.3) is 0 Å². The van der Waals surface area contributed by atoms with Crippen molar-refractivity contribution in [3.63, 3.8) is 0 Å². The van der Waals surface area contributed by atoms with Crippen molar-refractivity contribution in [2.24, 2.45) is 11.8 Å². The van der Waals surface area contributed by atoms with Gasteiger partial charge in [0.2, 0.25) is 5.91 Å². The molecule has 120 valence electrons. The van der Waals surface area contributed by atoms with Gasteiger partial charge in [0.05, 0.1) is 23.9 Å². The first-order chi connectivity index (χ1) is 10.3. The van der Waals surface area contributed by atoms with Crippen LogP contribution in [0.15, 0.2) is 30.3 Å². The van der Waals surface area contributed by atoms with E-state index in [0.29, 0.717) is 5.56 Å². The second-order valence-electron chi connectivity index (χ2n) is 5.57. The van der Waals surface area contributed by atoms with Gasteiger partial charge in [-0.05, 0) is 24.3 Å². The lowest BCUT2D eigenvalue weighted by Gasteiger charge is -2.25. The van der Waals surface area contributed by atoms with E-state index in [1.807, 2.05) is 0 Å². The summed E-state index contributed by atoms with van der Waals surface area (Å²) in [5.74, 6) is -5.28. The van der Waals surface area contributed by atoms with Gasteiger partial charge in [-0.1, -0.05) is 44.2 Å². The molecule has 0 aliphatic rings. The molecule has 1 aromatic rings. The monoisotopic (exact) mass is 305 g/mol. The predicted octanol–water partition coefficient (Wildman–Crippen LogP) is -1.12. The molecule has 1 aromatic carbocycles. The molecule has 0 spiro atoms. The highest BCUT2D eigenvalue weighted by Crippen LogP contribution is 2.10. The van der Waals surface area contributed by atoms with Crippen molar-refractivity contribution in [3.8, 4) is 0 Å². The Balaban J connectivity index is 2.80. The van der Waals surface area contributed by atoms with Gasteiger partial charge >= 0.3 is 0 Å². The number of rotatable bonds is 8. The third-order valence-electron chi connectivity index (χ3n) is 3.19. The molecule has 6 heteroatoms. The molecule has 0 heterocycles. The van der Waals surface area contributed by atoms with Gasteiger partial charge in [-0.25, -0.2) is 0 Å². The van der Waals surface area contributed by atoms with Crippen LogP contribution in [0.2, 0.25) is 0 Å². The molecule has 0 aliphatic carbocycles. The molecule has 0 unspecified atom stereocenters. The average Bonchev–Trinajstić information content (AvgIpc) is 2.44. The minimum absolute atomic E-state index is 0.0127. The summed E-state index contributed by atoms with van der Waals surface area (Å²) in [5.41, 5.74) is 0.653. The zero-order valence-corrected chi connectivity index (χ0v) is 12.6. The molecule has 0 saturated carbocycles. The molecule has 0 radical (unpaired) electrons. The fraction of sp³-hybridized carbons (Fsp3) is 0.438. The third kappa shape index (κ3) is 5.55. The molecule has 0 saturated heterocycles. The Morgan fingerprint density at radius 1 is 1.05 bits per heavy atom. The van der Waals surface area contributed by atoms with Crippen LogP contribution in [0.3, 0.4) is 0 Å². The van der Waals surface area contributed by atoms with Crippen molar-refractivity contribution >= 4 is 17.8 Å². The topological polar surface area (TPSA) is 109 Å². The number of hydrogen-bond donors (Lipinski definition) is 1. The maximum atomic E-state index is 12.1. The molecule has 0 aliphatic heterocycles. The van der Waals surface area contributed by atoms with Gasteiger partial charge in [0.15, 0.2) is 0 Å². The molecule has 1 rings (SSSR count). The number of carbonyl (C=O) groups excluding carboxylic acids is 3. The summed E-state index contributed by atoms with van der Waals surface area (Å²) in [5, 5.41) is 24.4. The Bertz CT molecular complexity index is 527. The average molecular weight is 305 g/mol. The van der Waals surface area contributed by atoms with E-state index in [-0.39, 0.29) is 18.8 Å². The zero-order valence-electron chi connectivity index (χ0n) is 12.6. The Morgan fingerprint density at radius 2 is 1.64 bits per heavy atom. The van der Waals surface area contributed by atoms with Crippen LogP contribution in [-0.4, -0.2) is 23.9 Å². The SMILES string of the molecule is CC(C)C[C@H](NC(=O)[C@H](Cc1ccccc1)C(=O)[O-])C(=O)[O-]. The molecule has 22 heavy (non-hydrogen) atoms. The lowest BCUT2D eigenvalue weighted by Crippen LogP contribution is -2.53. The molecular formula is C16H19NO5-2. The number of carboxylic acid groups (broad SMARTS) is 2. The van der Waals surface area contributed by atoms with Gasteiger partial charge in [-0.15, -0.1) is 0 Å². The molecule has 0 fully saturated rings. The van der Waals surface area contributed by atoms with Crippen LogP contribution >= 0.6 is 0 Å². The Morgan fingerprint density at radius 3 is 2.09 bits per heavy atom. The first-order valence-electron chi connectivity index (χ1n) is 7.07. The Labute approximate surface area is 129 Å². The number of carbonyl (C=O) groups is 3. The molecule has 6 nitrogen and oxygen atoms in total. The van der Waals surface area contributed by atoms with Crippen LogP contribution in [0.4, 0.5) is 0 Å². The van der Waals surface area contributed by atoms with Crippen molar-refractivity contribution in [1.29, 1.82) is 0 Å². The van der Waals surface area contributed by atoms with Gasteiger partial charge in [0.25, 0.3) is 0 Å². The predicted molar refractivity (Wildman–Crippen MR) is 75.0 cm³/mol. The lowest BCUT2D eigenvalue weighted by molar-refractivity contribution is -0.312. The van der Waals surface area contributed by atoms with Gasteiger partial charge in [-0.2, -0.15) is 0 Å². The lowest BCUT2D eigenvalue weighted by atomic mass is 9.97. The van der Waals surface area contributed by atoms with E-state index in [4.69, 9.17) is 0 Å². The van der Waals surface area contributed by atoms with Crippen LogP contribution in [-0.2, 0) is 20.8 Å². The van der Waals surface area contributed by atoms with Gasteiger partial charge < -0.3 is 25.1 Å².